The van der Waals surface area contributed by atoms with Crippen LogP contribution in [0.4, 0.5) is 5.69 Å². The minimum Gasteiger partial charge on any atom is -0.466 e. The third-order valence-corrected chi connectivity index (χ3v) is 4.16. The molecule has 0 radical (unpaired) electrons. The number of hydrogen-bond acceptors (Lipinski definition) is 4. The normalized spacial score (nSPS) is 23.2. The Morgan fingerprint density at radius 3 is 2.67 bits per heavy atom. The molecule has 0 amide bonds. The fourth-order valence-electron chi connectivity index (χ4n) is 2.94. The van der Waals surface area contributed by atoms with Gasteiger partial charge in [-0.3, -0.25) is 4.79 Å². The van der Waals surface area contributed by atoms with Crippen molar-refractivity contribution < 1.29 is 14.3 Å². The van der Waals surface area contributed by atoms with Crippen LogP contribution in [0, 0.1) is 6.92 Å². The summed E-state index contributed by atoms with van der Waals surface area (Å²) in [4.78, 5) is 12.1. The standard InChI is InChI=1S/C16H16BrNO3/c1-8-5-12(17)15-13(6-8)18-16(21-15)7-9(2)20-11(4)14(16)10(3)19/h5-7,18H,1-4H3/t16-/m1/s1. The second-order valence-electron chi connectivity index (χ2n) is 5.43. The van der Waals surface area contributed by atoms with Crippen molar-refractivity contribution in [3.05, 3.63) is 45.3 Å². The van der Waals surface area contributed by atoms with E-state index in [4.69, 9.17) is 9.47 Å². The van der Waals surface area contributed by atoms with Crippen LogP contribution >= 0.6 is 15.9 Å². The Bertz CT molecular complexity index is 720. The molecule has 0 aromatic heterocycles. The van der Waals surface area contributed by atoms with Gasteiger partial charge in [-0.15, -0.1) is 0 Å². The maximum Gasteiger partial charge on any atom is 0.237 e. The summed E-state index contributed by atoms with van der Waals surface area (Å²) in [5, 5.41) is 3.34. The van der Waals surface area contributed by atoms with Crippen LogP contribution in [0.3, 0.4) is 0 Å². The minimum absolute atomic E-state index is 0.0793. The Hall–Kier alpha value is -1.75. The largest absolute Gasteiger partial charge is 0.466 e. The molecule has 1 aromatic carbocycles. The number of aryl methyl sites for hydroxylation is 1. The number of ketones is 1. The maximum absolute atomic E-state index is 12.1. The fraction of sp³-hybridized carbons (Fsp3) is 0.312. The van der Waals surface area contributed by atoms with E-state index in [-0.39, 0.29) is 5.78 Å². The first-order valence-electron chi connectivity index (χ1n) is 6.69. The molecule has 1 aromatic rings. The van der Waals surface area contributed by atoms with Crippen LogP contribution < -0.4 is 10.1 Å². The molecule has 4 nitrogen and oxygen atoms in total. The fourth-order valence-corrected chi connectivity index (χ4v) is 3.60. The van der Waals surface area contributed by atoms with Crippen molar-refractivity contribution in [1.29, 1.82) is 0 Å². The second kappa shape index (κ2) is 4.63. The van der Waals surface area contributed by atoms with E-state index in [1.54, 1.807) is 13.0 Å². The number of Topliss-reactive ketones (excluding diaryl/α,β-unsaturated/α-hetero) is 1. The Morgan fingerprint density at radius 2 is 2.00 bits per heavy atom. The van der Waals surface area contributed by atoms with Crippen LogP contribution in [-0.2, 0) is 9.53 Å². The Morgan fingerprint density at radius 1 is 1.29 bits per heavy atom. The highest BCUT2D eigenvalue weighted by atomic mass is 79.9. The summed E-state index contributed by atoms with van der Waals surface area (Å²) in [6.45, 7) is 7.16. The Kier molecular flexibility index (Phi) is 3.13. The summed E-state index contributed by atoms with van der Waals surface area (Å²) < 4.78 is 12.6. The first-order valence-corrected chi connectivity index (χ1v) is 7.48. The van der Waals surface area contributed by atoms with E-state index in [1.807, 2.05) is 26.0 Å². The van der Waals surface area contributed by atoms with Gasteiger partial charge < -0.3 is 14.8 Å². The molecule has 0 fully saturated rings. The van der Waals surface area contributed by atoms with Crippen molar-refractivity contribution in [2.24, 2.45) is 0 Å². The van der Waals surface area contributed by atoms with Gasteiger partial charge in [-0.05, 0) is 61.3 Å². The van der Waals surface area contributed by atoms with Gasteiger partial charge in [0.05, 0.1) is 10.2 Å². The maximum atomic E-state index is 12.1. The van der Waals surface area contributed by atoms with E-state index < -0.39 is 5.72 Å². The topological polar surface area (TPSA) is 47.6 Å². The number of hydrogen-bond donors (Lipinski definition) is 1. The van der Waals surface area contributed by atoms with E-state index in [0.29, 0.717) is 22.8 Å². The Labute approximate surface area is 131 Å². The molecule has 1 atom stereocenters. The zero-order chi connectivity index (χ0) is 15.4. The number of carbonyl (C=O) groups is 1. The van der Waals surface area contributed by atoms with Crippen molar-refractivity contribution in [1.82, 2.24) is 0 Å². The highest BCUT2D eigenvalue weighted by molar-refractivity contribution is 9.10. The van der Waals surface area contributed by atoms with Gasteiger partial charge in [-0.25, -0.2) is 0 Å². The lowest BCUT2D eigenvalue weighted by atomic mass is 9.95. The van der Waals surface area contributed by atoms with Gasteiger partial charge in [0.25, 0.3) is 0 Å². The zero-order valence-corrected chi connectivity index (χ0v) is 13.9. The van der Waals surface area contributed by atoms with E-state index in [0.717, 1.165) is 15.7 Å². The Balaban J connectivity index is 2.16. The van der Waals surface area contributed by atoms with Gasteiger partial charge in [0, 0.05) is 6.08 Å². The molecule has 1 spiro atoms. The van der Waals surface area contributed by atoms with Gasteiger partial charge in [-0.2, -0.15) is 0 Å². The quantitative estimate of drug-likeness (QED) is 0.830. The number of halogens is 1. The zero-order valence-electron chi connectivity index (χ0n) is 12.3. The second-order valence-corrected chi connectivity index (χ2v) is 6.28. The van der Waals surface area contributed by atoms with Crippen molar-refractivity contribution in [3.63, 3.8) is 0 Å². The average Bonchev–Trinajstić information content (AvgIpc) is 2.65. The molecule has 2 aliphatic rings. The predicted octanol–water partition coefficient (Wildman–Crippen LogP) is 4.06. The van der Waals surface area contributed by atoms with Crippen LogP contribution in [0.15, 0.2) is 39.8 Å². The van der Waals surface area contributed by atoms with E-state index in [9.17, 15) is 4.79 Å². The third-order valence-electron chi connectivity index (χ3n) is 3.57. The molecule has 1 N–H and O–H groups in total. The third kappa shape index (κ3) is 2.16. The number of nitrogens with one attached hydrogen (secondary N) is 1. The number of allylic oxidation sites excluding steroid dienone is 2. The molecule has 3 rings (SSSR count). The molecule has 0 unspecified atom stereocenters. The predicted molar refractivity (Wildman–Crippen MR) is 84.1 cm³/mol. The van der Waals surface area contributed by atoms with E-state index in [2.05, 4.69) is 21.2 Å². The lowest BCUT2D eigenvalue weighted by Gasteiger charge is -2.32. The number of anilines is 1. The molecule has 2 heterocycles. The van der Waals surface area contributed by atoms with Gasteiger partial charge in [0.2, 0.25) is 5.72 Å². The van der Waals surface area contributed by atoms with Gasteiger partial charge in [0.1, 0.15) is 17.1 Å². The van der Waals surface area contributed by atoms with Crippen LogP contribution in [0.1, 0.15) is 26.3 Å². The molecule has 21 heavy (non-hydrogen) atoms. The number of rotatable bonds is 1. The van der Waals surface area contributed by atoms with Crippen molar-refractivity contribution in [3.8, 4) is 5.75 Å². The van der Waals surface area contributed by atoms with Crippen LogP contribution in [0.2, 0.25) is 0 Å². The summed E-state index contributed by atoms with van der Waals surface area (Å²) in [5.74, 6) is 1.89. The molecule has 5 heteroatoms. The lowest BCUT2D eigenvalue weighted by molar-refractivity contribution is -0.115. The number of ether oxygens (including phenoxy) is 2. The molecule has 0 aliphatic carbocycles. The number of carbonyl (C=O) groups excluding carboxylic acids is 1. The SMILES string of the molecule is CC(=O)C1=C(C)OC(C)=C[C@]12Nc1cc(C)cc(Br)c1O2. The summed E-state index contributed by atoms with van der Waals surface area (Å²) in [5.41, 5.74) is 1.47. The van der Waals surface area contributed by atoms with Crippen LogP contribution in [0.25, 0.3) is 0 Å². The lowest BCUT2D eigenvalue weighted by Crippen LogP contribution is -2.45. The summed E-state index contributed by atoms with van der Waals surface area (Å²) >= 11 is 3.52. The van der Waals surface area contributed by atoms with Crippen molar-refractivity contribution >= 4 is 27.4 Å². The molecule has 2 aliphatic heterocycles. The van der Waals surface area contributed by atoms with Gasteiger partial charge in [0.15, 0.2) is 11.5 Å². The molecule has 0 bridgehead atoms. The van der Waals surface area contributed by atoms with Gasteiger partial charge in [-0.1, -0.05) is 0 Å². The summed E-state index contributed by atoms with van der Waals surface area (Å²) in [6, 6.07) is 3.99. The monoisotopic (exact) mass is 349 g/mol. The van der Waals surface area contributed by atoms with E-state index in [1.165, 1.54) is 6.92 Å². The average molecular weight is 350 g/mol. The van der Waals surface area contributed by atoms with Gasteiger partial charge >= 0.3 is 0 Å². The van der Waals surface area contributed by atoms with Crippen LogP contribution in [0.5, 0.6) is 5.75 Å². The first kappa shape index (κ1) is 14.2. The molecule has 0 saturated heterocycles. The smallest absolute Gasteiger partial charge is 0.237 e. The minimum atomic E-state index is -0.989. The molecular weight excluding hydrogens is 334 g/mol. The van der Waals surface area contributed by atoms with E-state index >= 15 is 0 Å². The van der Waals surface area contributed by atoms with Crippen molar-refractivity contribution in [2.75, 3.05) is 5.32 Å². The molecular formula is C16H16BrNO3. The summed E-state index contributed by atoms with van der Waals surface area (Å²) in [6.07, 6.45) is 1.80. The number of benzene rings is 1. The molecule has 0 saturated carbocycles. The first-order chi connectivity index (χ1) is 9.82. The molecule has 110 valence electrons. The highest BCUT2D eigenvalue weighted by Crippen LogP contribution is 2.48. The summed E-state index contributed by atoms with van der Waals surface area (Å²) in [7, 11) is 0. The number of fused-ring (bicyclic) bond motifs is 1. The van der Waals surface area contributed by atoms with Crippen molar-refractivity contribution in [2.45, 2.75) is 33.4 Å². The van der Waals surface area contributed by atoms with Crippen LogP contribution in [-0.4, -0.2) is 11.5 Å². The highest BCUT2D eigenvalue weighted by Gasteiger charge is 2.47.